The van der Waals surface area contributed by atoms with E-state index in [1.165, 1.54) is 11.1 Å². The van der Waals surface area contributed by atoms with Crippen LogP contribution in [-0.4, -0.2) is 25.6 Å². The zero-order chi connectivity index (χ0) is 18.1. The number of fused-ring (bicyclic) bond motifs is 1. The lowest BCUT2D eigenvalue weighted by molar-refractivity contribution is 0.0683. The van der Waals surface area contributed by atoms with Crippen LogP contribution in [0.25, 0.3) is 0 Å². The van der Waals surface area contributed by atoms with Gasteiger partial charge in [-0.3, -0.25) is 4.79 Å². The van der Waals surface area contributed by atoms with E-state index in [9.17, 15) is 4.79 Å². The van der Waals surface area contributed by atoms with E-state index in [0.717, 1.165) is 23.4 Å². The van der Waals surface area contributed by atoms with Crippen molar-refractivity contribution in [1.82, 2.24) is 19.7 Å². The van der Waals surface area contributed by atoms with Crippen molar-refractivity contribution in [1.29, 1.82) is 0 Å². The van der Waals surface area contributed by atoms with Crippen molar-refractivity contribution in [2.24, 2.45) is 0 Å². The predicted molar refractivity (Wildman–Crippen MR) is 99.7 cm³/mol. The third-order valence-electron chi connectivity index (χ3n) is 4.97. The Morgan fingerprint density at radius 2 is 2.00 bits per heavy atom. The van der Waals surface area contributed by atoms with Gasteiger partial charge in [0, 0.05) is 12.1 Å². The summed E-state index contributed by atoms with van der Waals surface area (Å²) >= 11 is 0. The number of carbonyl (C=O) groups excluding carboxylic acids is 1. The van der Waals surface area contributed by atoms with Crippen molar-refractivity contribution in [2.75, 3.05) is 0 Å². The van der Waals surface area contributed by atoms with Gasteiger partial charge in [-0.15, -0.1) is 0 Å². The molecule has 4 rings (SSSR count). The zero-order valence-corrected chi connectivity index (χ0v) is 15.1. The summed E-state index contributed by atoms with van der Waals surface area (Å²) in [6.07, 6.45) is 2.38. The Balaban J connectivity index is 1.63. The first kappa shape index (κ1) is 16.5. The number of rotatable bonds is 5. The highest BCUT2D eigenvalue weighted by Crippen LogP contribution is 2.32. The molecule has 132 valence electrons. The van der Waals surface area contributed by atoms with E-state index in [0.29, 0.717) is 13.1 Å². The van der Waals surface area contributed by atoms with Crippen molar-refractivity contribution in [3.63, 3.8) is 0 Å². The molecular weight excluding hydrogens is 324 g/mol. The Bertz CT molecular complexity index is 946. The maximum absolute atomic E-state index is 12.9. The van der Waals surface area contributed by atoms with Gasteiger partial charge in [-0.25, -0.2) is 9.67 Å². The van der Waals surface area contributed by atoms with Crippen LogP contribution in [0.15, 0.2) is 54.9 Å². The van der Waals surface area contributed by atoms with E-state index in [4.69, 9.17) is 0 Å². The summed E-state index contributed by atoms with van der Waals surface area (Å²) < 4.78 is 1.92. The number of aryl methyl sites for hydroxylation is 1. The first-order valence-corrected chi connectivity index (χ1v) is 8.99. The molecule has 0 unspecified atom stereocenters. The van der Waals surface area contributed by atoms with E-state index < -0.39 is 0 Å². The van der Waals surface area contributed by atoms with Crippen molar-refractivity contribution in [2.45, 2.75) is 39.4 Å². The summed E-state index contributed by atoms with van der Waals surface area (Å²) in [5, 5.41) is 4.42. The Hall–Kier alpha value is -2.95. The molecule has 1 aliphatic heterocycles. The zero-order valence-electron chi connectivity index (χ0n) is 15.1. The average molecular weight is 346 g/mol. The normalized spacial score (nSPS) is 14.5. The van der Waals surface area contributed by atoms with E-state index in [1.807, 2.05) is 33.8 Å². The van der Waals surface area contributed by atoms with Gasteiger partial charge in [0.1, 0.15) is 12.2 Å². The van der Waals surface area contributed by atoms with Crippen molar-refractivity contribution in [3.8, 4) is 0 Å². The molecule has 0 spiro atoms. The molecule has 1 atom stereocenters. The molecule has 0 radical (unpaired) electrons. The molecule has 2 heterocycles. The second-order valence-electron chi connectivity index (χ2n) is 6.78. The van der Waals surface area contributed by atoms with Gasteiger partial charge in [0.2, 0.25) is 0 Å². The van der Waals surface area contributed by atoms with Crippen molar-refractivity contribution < 1.29 is 4.79 Å². The van der Waals surface area contributed by atoms with Crippen LogP contribution < -0.4 is 0 Å². The number of hydrogen-bond acceptors (Lipinski definition) is 3. The molecule has 3 aromatic rings. The molecule has 2 aromatic carbocycles. The molecule has 0 saturated heterocycles. The number of nitrogens with zero attached hydrogens (tertiary/aromatic N) is 4. The Morgan fingerprint density at radius 3 is 2.77 bits per heavy atom. The second kappa shape index (κ2) is 6.75. The van der Waals surface area contributed by atoms with Crippen LogP contribution in [0.5, 0.6) is 0 Å². The average Bonchev–Trinajstić information content (AvgIpc) is 3.22. The smallest absolute Gasteiger partial charge is 0.255 e. The summed E-state index contributed by atoms with van der Waals surface area (Å²) in [6, 6.07) is 16.1. The van der Waals surface area contributed by atoms with Gasteiger partial charge < -0.3 is 4.90 Å². The minimum atomic E-state index is -0.0813. The van der Waals surface area contributed by atoms with Gasteiger partial charge >= 0.3 is 0 Å². The molecule has 1 amide bonds. The van der Waals surface area contributed by atoms with Crippen LogP contribution in [0.4, 0.5) is 0 Å². The van der Waals surface area contributed by atoms with Crippen LogP contribution in [0.3, 0.4) is 0 Å². The molecule has 1 aromatic heterocycles. The number of hydrogen-bond donors (Lipinski definition) is 0. The van der Waals surface area contributed by atoms with Gasteiger partial charge in [0.15, 0.2) is 0 Å². The lowest BCUT2D eigenvalue weighted by Crippen LogP contribution is -2.31. The van der Waals surface area contributed by atoms with Gasteiger partial charge in [0.05, 0.1) is 12.6 Å². The predicted octanol–water partition coefficient (Wildman–Crippen LogP) is 3.74. The summed E-state index contributed by atoms with van der Waals surface area (Å²) in [5.74, 6) is 0.924. The van der Waals surface area contributed by atoms with Crippen LogP contribution in [-0.2, 0) is 13.1 Å². The summed E-state index contributed by atoms with van der Waals surface area (Å²) in [5.41, 5.74) is 4.29. The van der Waals surface area contributed by atoms with E-state index in [1.54, 1.807) is 6.33 Å². The first-order valence-electron chi connectivity index (χ1n) is 8.99. The molecule has 26 heavy (non-hydrogen) atoms. The van der Waals surface area contributed by atoms with E-state index in [2.05, 4.69) is 48.2 Å². The lowest BCUT2D eigenvalue weighted by atomic mass is 10.1. The molecule has 0 fully saturated rings. The fourth-order valence-corrected chi connectivity index (χ4v) is 3.71. The Morgan fingerprint density at radius 1 is 1.15 bits per heavy atom. The summed E-state index contributed by atoms with van der Waals surface area (Å²) in [6.45, 7) is 5.46. The molecule has 0 aliphatic carbocycles. The van der Waals surface area contributed by atoms with Crippen molar-refractivity contribution >= 4 is 5.91 Å². The minimum Gasteiger partial charge on any atom is -0.324 e. The highest BCUT2D eigenvalue weighted by Gasteiger charge is 2.34. The van der Waals surface area contributed by atoms with Gasteiger partial charge in [-0.05, 0) is 30.5 Å². The number of amides is 1. The van der Waals surface area contributed by atoms with Crippen LogP contribution in [0.1, 0.15) is 52.3 Å². The van der Waals surface area contributed by atoms with Gasteiger partial charge in [-0.2, -0.15) is 5.10 Å². The molecular formula is C21H22N4O. The van der Waals surface area contributed by atoms with E-state index in [-0.39, 0.29) is 11.9 Å². The highest BCUT2D eigenvalue weighted by atomic mass is 16.2. The van der Waals surface area contributed by atoms with Crippen LogP contribution in [0, 0.1) is 6.92 Å². The first-order chi connectivity index (χ1) is 12.7. The van der Waals surface area contributed by atoms with Crippen LogP contribution in [0.2, 0.25) is 0 Å². The van der Waals surface area contributed by atoms with Gasteiger partial charge in [0.25, 0.3) is 5.91 Å². The summed E-state index contributed by atoms with van der Waals surface area (Å²) in [4.78, 5) is 19.3. The van der Waals surface area contributed by atoms with E-state index >= 15 is 0 Å². The molecule has 1 aliphatic rings. The SMILES string of the molecule is CC[C@H](c1ncnn1Cc1cccc(C)c1)N1Cc2ccccc2C1=O. The van der Waals surface area contributed by atoms with Crippen molar-refractivity contribution in [3.05, 3.63) is 82.9 Å². The maximum Gasteiger partial charge on any atom is 0.255 e. The topological polar surface area (TPSA) is 51.0 Å². The Kier molecular flexibility index (Phi) is 4.29. The molecule has 0 bridgehead atoms. The van der Waals surface area contributed by atoms with Crippen LogP contribution >= 0.6 is 0 Å². The number of aromatic nitrogens is 3. The fraction of sp³-hybridized carbons (Fsp3) is 0.286. The third kappa shape index (κ3) is 2.90. The lowest BCUT2D eigenvalue weighted by Gasteiger charge is -2.26. The standard InChI is InChI=1S/C21H22N4O/c1-3-19(24-13-17-9-4-5-10-18(17)21(24)26)20-22-14-23-25(20)12-16-8-6-7-15(2)11-16/h4-11,14,19H,3,12-13H2,1-2H3/t19-/m1/s1. The summed E-state index contributed by atoms with van der Waals surface area (Å²) in [7, 11) is 0. The molecule has 5 heteroatoms. The molecule has 0 N–H and O–H groups in total. The quantitative estimate of drug-likeness (QED) is 0.707. The molecule has 0 saturated carbocycles. The molecule has 5 nitrogen and oxygen atoms in total. The maximum atomic E-state index is 12.9. The highest BCUT2D eigenvalue weighted by molar-refractivity contribution is 5.98. The third-order valence-corrected chi connectivity index (χ3v) is 4.97. The number of benzene rings is 2. The number of carbonyl (C=O) groups is 1. The van der Waals surface area contributed by atoms with Gasteiger partial charge in [-0.1, -0.05) is 55.0 Å². The fourth-order valence-electron chi connectivity index (χ4n) is 3.71. The minimum absolute atomic E-state index is 0.0811. The Labute approximate surface area is 153 Å². The second-order valence-corrected chi connectivity index (χ2v) is 6.78. The monoisotopic (exact) mass is 346 g/mol. The largest absolute Gasteiger partial charge is 0.324 e.